The number of hydrogen-bond acceptors (Lipinski definition) is 4. The lowest BCUT2D eigenvalue weighted by Crippen LogP contribution is -2.29. The molecule has 1 saturated carbocycles. The zero-order valence-corrected chi connectivity index (χ0v) is 11.2. The third-order valence-corrected chi connectivity index (χ3v) is 3.68. The van der Waals surface area contributed by atoms with E-state index in [0.29, 0.717) is 5.76 Å². The van der Waals surface area contributed by atoms with Crippen LogP contribution in [0.5, 0.6) is 0 Å². The van der Waals surface area contributed by atoms with Crippen molar-refractivity contribution in [3.63, 3.8) is 0 Å². The van der Waals surface area contributed by atoms with Gasteiger partial charge < -0.3 is 13.8 Å². The molecule has 0 bridgehead atoms. The van der Waals surface area contributed by atoms with Crippen LogP contribution in [0.15, 0.2) is 27.3 Å². The van der Waals surface area contributed by atoms with Gasteiger partial charge in [-0.05, 0) is 32.4 Å². The monoisotopic (exact) mass is 260 g/mol. The summed E-state index contributed by atoms with van der Waals surface area (Å²) in [6.07, 6.45) is 2.49. The number of aromatic nitrogens is 1. The number of furan rings is 1. The first-order valence-corrected chi connectivity index (χ1v) is 6.33. The van der Waals surface area contributed by atoms with E-state index < -0.39 is 0 Å². The van der Waals surface area contributed by atoms with Crippen molar-refractivity contribution >= 4 is 11.6 Å². The highest BCUT2D eigenvalue weighted by Crippen LogP contribution is 2.49. The van der Waals surface area contributed by atoms with Gasteiger partial charge in [0.1, 0.15) is 17.1 Å². The minimum atomic E-state index is 0.00449. The van der Waals surface area contributed by atoms with Crippen LogP contribution in [0.4, 0.5) is 5.69 Å². The number of anilines is 1. The summed E-state index contributed by atoms with van der Waals surface area (Å²) in [4.78, 5) is 14.1. The Balaban J connectivity index is 1.76. The van der Waals surface area contributed by atoms with E-state index in [1.54, 1.807) is 18.2 Å². The topological polar surface area (TPSA) is 59.5 Å². The van der Waals surface area contributed by atoms with Crippen LogP contribution in [0.3, 0.4) is 0 Å². The molecule has 5 heteroatoms. The number of aryl methyl sites for hydroxylation is 2. The van der Waals surface area contributed by atoms with Crippen molar-refractivity contribution in [2.24, 2.45) is 5.92 Å². The number of nitrogens with zero attached hydrogens (tertiary/aromatic N) is 2. The van der Waals surface area contributed by atoms with Crippen LogP contribution in [-0.4, -0.2) is 18.1 Å². The van der Waals surface area contributed by atoms with Gasteiger partial charge in [-0.25, -0.2) is 0 Å². The molecule has 0 radical (unpaired) electrons. The molecular formula is C14H16N2O3. The average Bonchev–Trinajstić information content (AvgIpc) is 2.84. The molecule has 2 aromatic heterocycles. The van der Waals surface area contributed by atoms with Crippen LogP contribution in [-0.2, 0) is 4.79 Å². The number of carbonyl (C=O) groups is 1. The largest absolute Gasteiger partial charge is 0.469 e. The first kappa shape index (κ1) is 12.0. The van der Waals surface area contributed by atoms with Crippen LogP contribution >= 0.6 is 0 Å². The van der Waals surface area contributed by atoms with E-state index >= 15 is 0 Å². The van der Waals surface area contributed by atoms with Crippen molar-refractivity contribution in [2.45, 2.75) is 26.2 Å². The molecule has 0 N–H and O–H groups in total. The second-order valence-corrected chi connectivity index (χ2v) is 5.03. The molecule has 19 heavy (non-hydrogen) atoms. The molecule has 0 saturated heterocycles. The SMILES string of the molecule is Cc1noc(C)c1N(C)C(=O)C1CC1c1ccco1. The van der Waals surface area contributed by atoms with Gasteiger partial charge in [0.2, 0.25) is 5.91 Å². The van der Waals surface area contributed by atoms with E-state index in [0.717, 1.165) is 23.6 Å². The Morgan fingerprint density at radius 1 is 1.47 bits per heavy atom. The molecule has 5 nitrogen and oxygen atoms in total. The lowest BCUT2D eigenvalue weighted by Gasteiger charge is -2.16. The fourth-order valence-corrected chi connectivity index (χ4v) is 2.60. The number of amides is 1. The fourth-order valence-electron chi connectivity index (χ4n) is 2.60. The van der Waals surface area contributed by atoms with Crippen LogP contribution in [0.2, 0.25) is 0 Å². The van der Waals surface area contributed by atoms with Gasteiger partial charge in [0.05, 0.1) is 6.26 Å². The molecule has 0 aromatic carbocycles. The second-order valence-electron chi connectivity index (χ2n) is 5.03. The summed E-state index contributed by atoms with van der Waals surface area (Å²) in [7, 11) is 1.77. The first-order valence-electron chi connectivity index (χ1n) is 6.33. The minimum absolute atomic E-state index is 0.00449. The molecule has 100 valence electrons. The Hall–Kier alpha value is -2.04. The maximum Gasteiger partial charge on any atom is 0.230 e. The molecule has 0 aliphatic heterocycles. The number of hydrogen-bond donors (Lipinski definition) is 0. The van der Waals surface area contributed by atoms with Crippen LogP contribution in [0.1, 0.15) is 29.6 Å². The third kappa shape index (κ3) is 1.95. The first-order chi connectivity index (χ1) is 9.09. The summed E-state index contributed by atoms with van der Waals surface area (Å²) in [6.45, 7) is 3.66. The summed E-state index contributed by atoms with van der Waals surface area (Å²) < 4.78 is 10.5. The van der Waals surface area contributed by atoms with Crippen LogP contribution < -0.4 is 4.90 Å². The lowest BCUT2D eigenvalue weighted by molar-refractivity contribution is -0.119. The number of rotatable bonds is 3. The molecule has 2 atom stereocenters. The maximum absolute atomic E-state index is 12.4. The molecule has 0 spiro atoms. The summed E-state index contributed by atoms with van der Waals surface area (Å²) in [5.41, 5.74) is 1.51. The molecule has 2 aromatic rings. The normalized spacial score (nSPS) is 21.4. The van der Waals surface area contributed by atoms with Crippen molar-refractivity contribution in [1.82, 2.24) is 5.16 Å². The highest BCUT2D eigenvalue weighted by atomic mass is 16.5. The molecule has 3 rings (SSSR count). The smallest absolute Gasteiger partial charge is 0.230 e. The Morgan fingerprint density at radius 3 is 2.84 bits per heavy atom. The summed E-state index contributed by atoms with van der Waals surface area (Å²) in [5.74, 6) is 1.88. The van der Waals surface area contributed by atoms with Gasteiger partial charge in [0, 0.05) is 18.9 Å². The van der Waals surface area contributed by atoms with Crippen molar-refractivity contribution in [3.05, 3.63) is 35.6 Å². The maximum atomic E-state index is 12.4. The Labute approximate surface area is 111 Å². The quantitative estimate of drug-likeness (QED) is 0.851. The Morgan fingerprint density at radius 2 is 2.26 bits per heavy atom. The molecule has 2 unspecified atom stereocenters. The predicted molar refractivity (Wildman–Crippen MR) is 68.9 cm³/mol. The van der Waals surface area contributed by atoms with Gasteiger partial charge in [-0.1, -0.05) is 5.16 Å². The van der Waals surface area contributed by atoms with Gasteiger partial charge in [-0.15, -0.1) is 0 Å². The van der Waals surface area contributed by atoms with Crippen molar-refractivity contribution < 1.29 is 13.7 Å². The zero-order valence-electron chi connectivity index (χ0n) is 11.2. The van der Waals surface area contributed by atoms with Gasteiger partial charge in [-0.2, -0.15) is 0 Å². The Bertz CT molecular complexity index is 581. The van der Waals surface area contributed by atoms with E-state index in [1.807, 2.05) is 26.0 Å². The highest BCUT2D eigenvalue weighted by Gasteiger charge is 2.47. The third-order valence-electron chi connectivity index (χ3n) is 3.68. The van der Waals surface area contributed by atoms with E-state index in [-0.39, 0.29) is 17.7 Å². The fraction of sp³-hybridized carbons (Fsp3) is 0.429. The average molecular weight is 260 g/mol. The van der Waals surface area contributed by atoms with Crippen molar-refractivity contribution in [3.8, 4) is 0 Å². The van der Waals surface area contributed by atoms with E-state index in [4.69, 9.17) is 8.94 Å². The molecule has 1 fully saturated rings. The van der Waals surface area contributed by atoms with E-state index in [2.05, 4.69) is 5.16 Å². The van der Waals surface area contributed by atoms with Gasteiger partial charge >= 0.3 is 0 Å². The summed E-state index contributed by atoms with van der Waals surface area (Å²) in [5, 5.41) is 3.88. The summed E-state index contributed by atoms with van der Waals surface area (Å²) in [6, 6.07) is 3.78. The highest BCUT2D eigenvalue weighted by molar-refractivity contribution is 5.97. The standard InChI is InChI=1S/C14H16N2O3/c1-8-13(9(2)19-15-8)16(3)14(17)11-7-10(11)12-5-4-6-18-12/h4-6,10-11H,7H2,1-3H3. The van der Waals surface area contributed by atoms with E-state index in [9.17, 15) is 4.79 Å². The van der Waals surface area contributed by atoms with Crippen LogP contribution in [0.25, 0.3) is 0 Å². The molecule has 1 aliphatic carbocycles. The van der Waals surface area contributed by atoms with Gasteiger partial charge in [0.15, 0.2) is 5.76 Å². The molecule has 2 heterocycles. The van der Waals surface area contributed by atoms with Gasteiger partial charge in [-0.3, -0.25) is 4.79 Å². The van der Waals surface area contributed by atoms with Crippen molar-refractivity contribution in [2.75, 3.05) is 11.9 Å². The van der Waals surface area contributed by atoms with E-state index in [1.165, 1.54) is 0 Å². The zero-order chi connectivity index (χ0) is 13.6. The molecule has 1 amide bonds. The predicted octanol–water partition coefficient (Wildman–Crippen LogP) is 2.65. The molecule has 1 aliphatic rings. The molecular weight excluding hydrogens is 244 g/mol. The van der Waals surface area contributed by atoms with Crippen molar-refractivity contribution in [1.29, 1.82) is 0 Å². The lowest BCUT2D eigenvalue weighted by atomic mass is 10.2. The summed E-state index contributed by atoms with van der Waals surface area (Å²) >= 11 is 0. The van der Waals surface area contributed by atoms with Gasteiger partial charge in [0.25, 0.3) is 0 Å². The van der Waals surface area contributed by atoms with Crippen LogP contribution in [0, 0.1) is 19.8 Å². The second kappa shape index (κ2) is 4.26. The minimum Gasteiger partial charge on any atom is -0.469 e. The number of carbonyl (C=O) groups excluding carboxylic acids is 1. The Kier molecular flexibility index (Phi) is 2.69.